The normalized spacial score (nSPS) is 24.0. The molecule has 1 aliphatic rings. The summed E-state index contributed by atoms with van der Waals surface area (Å²) in [5, 5.41) is 0. The van der Waals surface area contributed by atoms with Crippen LogP contribution in [0.15, 0.2) is 0 Å². The SMILES string of the molecule is [CH-]1OCCO1. The van der Waals surface area contributed by atoms with Crippen LogP contribution < -0.4 is 0 Å². The molecule has 0 aliphatic carbocycles. The van der Waals surface area contributed by atoms with Gasteiger partial charge in [0, 0.05) is 13.2 Å². The van der Waals surface area contributed by atoms with E-state index >= 15 is 0 Å². The minimum Gasteiger partial charge on any atom is -0.523 e. The van der Waals surface area contributed by atoms with E-state index in [9.17, 15) is 0 Å². The van der Waals surface area contributed by atoms with Crippen LogP contribution in [-0.4, -0.2) is 13.2 Å². The Hall–Kier alpha value is -0.0800. The van der Waals surface area contributed by atoms with E-state index in [1.165, 1.54) is 6.79 Å². The summed E-state index contributed by atoms with van der Waals surface area (Å²) in [7, 11) is 0. The van der Waals surface area contributed by atoms with Gasteiger partial charge in [0.1, 0.15) is 0 Å². The van der Waals surface area contributed by atoms with Gasteiger partial charge >= 0.3 is 0 Å². The number of hydrogen-bond acceptors (Lipinski definition) is 2. The highest BCUT2D eigenvalue weighted by molar-refractivity contribution is 4.39. The lowest BCUT2D eigenvalue weighted by atomic mass is 10.8. The molecule has 1 aliphatic heterocycles. The summed E-state index contributed by atoms with van der Waals surface area (Å²) in [5.74, 6) is 0. The summed E-state index contributed by atoms with van der Waals surface area (Å²) >= 11 is 0. The molecule has 2 nitrogen and oxygen atoms in total. The largest absolute Gasteiger partial charge is 0.523 e. The molecule has 1 rings (SSSR count). The Morgan fingerprint density at radius 2 is 1.80 bits per heavy atom. The summed E-state index contributed by atoms with van der Waals surface area (Å²) in [6.45, 7) is 2.81. The second-order valence-corrected chi connectivity index (χ2v) is 0.838. The van der Waals surface area contributed by atoms with Crippen molar-refractivity contribution in [1.82, 2.24) is 0 Å². The Morgan fingerprint density at radius 1 is 1.20 bits per heavy atom. The Kier molecular flexibility index (Phi) is 0.862. The number of rotatable bonds is 0. The maximum atomic E-state index is 4.60. The van der Waals surface area contributed by atoms with Crippen LogP contribution in [0.3, 0.4) is 0 Å². The van der Waals surface area contributed by atoms with Gasteiger partial charge in [-0.2, -0.15) is 0 Å². The topological polar surface area (TPSA) is 18.5 Å². The average Bonchev–Trinajstić information content (AvgIpc) is 1.76. The molecule has 0 atom stereocenters. The second-order valence-electron chi connectivity index (χ2n) is 0.838. The van der Waals surface area contributed by atoms with Crippen molar-refractivity contribution in [2.24, 2.45) is 0 Å². The van der Waals surface area contributed by atoms with E-state index in [-0.39, 0.29) is 0 Å². The van der Waals surface area contributed by atoms with Gasteiger partial charge in [0.2, 0.25) is 0 Å². The van der Waals surface area contributed by atoms with Crippen LogP contribution in [0, 0.1) is 6.79 Å². The molecule has 0 bridgehead atoms. The fourth-order valence-electron chi connectivity index (χ4n) is 0.241. The molecular formula is C3H5O2-. The molecule has 0 aromatic rings. The molecule has 0 spiro atoms. The number of ether oxygens (including phenoxy) is 2. The smallest absolute Gasteiger partial charge is 0.0343 e. The fraction of sp³-hybridized carbons (Fsp3) is 0.667. The molecule has 0 saturated carbocycles. The summed E-state index contributed by atoms with van der Waals surface area (Å²) < 4.78 is 9.19. The van der Waals surface area contributed by atoms with E-state index < -0.39 is 0 Å². The van der Waals surface area contributed by atoms with Crippen LogP contribution in [-0.2, 0) is 9.47 Å². The molecule has 0 unspecified atom stereocenters. The van der Waals surface area contributed by atoms with Crippen molar-refractivity contribution < 1.29 is 9.47 Å². The molecule has 1 fully saturated rings. The van der Waals surface area contributed by atoms with Gasteiger partial charge in [-0.25, -0.2) is 0 Å². The first-order valence-corrected chi connectivity index (χ1v) is 1.55. The van der Waals surface area contributed by atoms with Crippen molar-refractivity contribution in [2.45, 2.75) is 0 Å². The molecular weight excluding hydrogens is 68.0 g/mol. The molecule has 0 N–H and O–H groups in total. The Labute approximate surface area is 30.7 Å². The number of hydrogen-bond donors (Lipinski definition) is 0. The standard InChI is InChI=1S/C3H5O2/c1-2-5-3-4-1/h3H,1-2H2/q-1. The first-order valence-electron chi connectivity index (χ1n) is 1.55. The molecule has 0 radical (unpaired) electrons. The van der Waals surface area contributed by atoms with Crippen molar-refractivity contribution in [3.8, 4) is 0 Å². The Morgan fingerprint density at radius 3 is 2.00 bits per heavy atom. The van der Waals surface area contributed by atoms with Crippen molar-refractivity contribution in [1.29, 1.82) is 0 Å². The second kappa shape index (κ2) is 1.38. The fourth-order valence-corrected chi connectivity index (χ4v) is 0.241. The highest BCUT2D eigenvalue weighted by Crippen LogP contribution is 1.92. The van der Waals surface area contributed by atoms with Crippen LogP contribution in [0.5, 0.6) is 0 Å². The summed E-state index contributed by atoms with van der Waals surface area (Å²) in [6.07, 6.45) is 0. The predicted molar refractivity (Wildman–Crippen MR) is 16.2 cm³/mol. The van der Waals surface area contributed by atoms with Crippen molar-refractivity contribution in [3.05, 3.63) is 6.79 Å². The van der Waals surface area contributed by atoms with Crippen LogP contribution >= 0.6 is 0 Å². The first-order chi connectivity index (χ1) is 2.50. The van der Waals surface area contributed by atoms with Crippen LogP contribution in [0.4, 0.5) is 0 Å². The first kappa shape index (κ1) is 3.12. The zero-order valence-corrected chi connectivity index (χ0v) is 2.81. The Bertz CT molecular complexity index is 16.5. The van der Waals surface area contributed by atoms with Crippen molar-refractivity contribution in [3.63, 3.8) is 0 Å². The van der Waals surface area contributed by atoms with E-state index in [1.54, 1.807) is 0 Å². The highest BCUT2D eigenvalue weighted by Gasteiger charge is 1.81. The molecule has 5 heavy (non-hydrogen) atoms. The highest BCUT2D eigenvalue weighted by atomic mass is 16.7. The molecule has 0 aromatic heterocycles. The van der Waals surface area contributed by atoms with Crippen molar-refractivity contribution >= 4 is 0 Å². The van der Waals surface area contributed by atoms with Crippen LogP contribution in [0.1, 0.15) is 0 Å². The minimum absolute atomic E-state index is 0.722. The summed E-state index contributed by atoms with van der Waals surface area (Å²) in [4.78, 5) is 0. The lowest BCUT2D eigenvalue weighted by Crippen LogP contribution is -1.79. The maximum Gasteiger partial charge on any atom is 0.0343 e. The molecule has 30 valence electrons. The molecule has 0 amide bonds. The molecule has 1 heterocycles. The molecule has 0 aromatic carbocycles. The van der Waals surface area contributed by atoms with E-state index in [0.717, 1.165) is 13.2 Å². The van der Waals surface area contributed by atoms with Gasteiger partial charge in [0.05, 0.1) is 0 Å². The van der Waals surface area contributed by atoms with Crippen LogP contribution in [0.2, 0.25) is 0 Å². The summed E-state index contributed by atoms with van der Waals surface area (Å²) in [6, 6.07) is 0. The molecule has 2 heteroatoms. The van der Waals surface area contributed by atoms with Gasteiger partial charge in [-0.05, 0) is 0 Å². The third-order valence-electron chi connectivity index (χ3n) is 0.455. The lowest BCUT2D eigenvalue weighted by molar-refractivity contribution is 0.159. The third-order valence-corrected chi connectivity index (χ3v) is 0.455. The van der Waals surface area contributed by atoms with E-state index in [4.69, 9.17) is 0 Å². The van der Waals surface area contributed by atoms with Gasteiger partial charge in [-0.3, -0.25) is 0 Å². The van der Waals surface area contributed by atoms with Crippen molar-refractivity contribution in [2.75, 3.05) is 13.2 Å². The van der Waals surface area contributed by atoms with E-state index in [0.29, 0.717) is 0 Å². The van der Waals surface area contributed by atoms with Gasteiger partial charge in [0.15, 0.2) is 0 Å². The zero-order chi connectivity index (χ0) is 3.54. The zero-order valence-electron chi connectivity index (χ0n) is 2.81. The van der Waals surface area contributed by atoms with E-state index in [1.807, 2.05) is 0 Å². The van der Waals surface area contributed by atoms with Gasteiger partial charge in [-0.15, -0.1) is 0 Å². The molecule has 1 saturated heterocycles. The average molecular weight is 73.1 g/mol. The lowest BCUT2D eigenvalue weighted by Gasteiger charge is -1.94. The summed E-state index contributed by atoms with van der Waals surface area (Å²) in [5.41, 5.74) is 0. The van der Waals surface area contributed by atoms with Gasteiger partial charge < -0.3 is 9.47 Å². The van der Waals surface area contributed by atoms with Gasteiger partial charge in [-0.1, -0.05) is 6.79 Å². The Balaban J connectivity index is 2.08. The maximum absolute atomic E-state index is 4.60. The van der Waals surface area contributed by atoms with E-state index in [2.05, 4.69) is 9.47 Å². The quantitative estimate of drug-likeness (QED) is 0.380. The monoisotopic (exact) mass is 73.0 g/mol. The van der Waals surface area contributed by atoms with Gasteiger partial charge in [0.25, 0.3) is 0 Å². The minimum atomic E-state index is 0.722. The predicted octanol–water partition coefficient (Wildman–Crippen LogP) is 0.152. The van der Waals surface area contributed by atoms with Crippen LogP contribution in [0.25, 0.3) is 0 Å². The third kappa shape index (κ3) is 0.597.